The molecular formula is C14H14O3. The number of carbonyl (C=O) groups excluding carboxylic acids is 2. The number of hydrogen-bond donors (Lipinski definition) is 0. The minimum atomic E-state index is -0.401. The molecule has 0 amide bonds. The van der Waals surface area contributed by atoms with Crippen molar-refractivity contribution in [3.05, 3.63) is 35.4 Å². The van der Waals surface area contributed by atoms with E-state index < -0.39 is 5.97 Å². The van der Waals surface area contributed by atoms with E-state index in [1.54, 1.807) is 24.3 Å². The summed E-state index contributed by atoms with van der Waals surface area (Å²) in [5, 5.41) is 0. The molecule has 88 valence electrons. The summed E-state index contributed by atoms with van der Waals surface area (Å²) in [5.74, 6) is 5.46. The fraction of sp³-hybridized carbons (Fsp3) is 0.286. The van der Waals surface area contributed by atoms with Crippen LogP contribution in [-0.4, -0.2) is 18.9 Å². The summed E-state index contributed by atoms with van der Waals surface area (Å²) in [6.45, 7) is 1.53. The van der Waals surface area contributed by atoms with Gasteiger partial charge in [0, 0.05) is 18.4 Å². The van der Waals surface area contributed by atoms with E-state index in [0.717, 1.165) is 0 Å². The second kappa shape index (κ2) is 6.49. The Balaban J connectivity index is 2.83. The molecule has 0 heterocycles. The van der Waals surface area contributed by atoms with Gasteiger partial charge in [0.1, 0.15) is 5.78 Å². The molecule has 0 aromatic heterocycles. The number of carbonyl (C=O) groups is 2. The van der Waals surface area contributed by atoms with Gasteiger partial charge >= 0.3 is 5.97 Å². The second-order valence-corrected chi connectivity index (χ2v) is 3.54. The van der Waals surface area contributed by atoms with Crippen LogP contribution in [0.1, 0.15) is 35.7 Å². The van der Waals surface area contributed by atoms with E-state index in [0.29, 0.717) is 24.0 Å². The zero-order valence-corrected chi connectivity index (χ0v) is 9.95. The van der Waals surface area contributed by atoms with Crippen molar-refractivity contribution in [1.82, 2.24) is 0 Å². The van der Waals surface area contributed by atoms with Crippen molar-refractivity contribution in [3.8, 4) is 11.8 Å². The predicted octanol–water partition coefficient (Wildman–Crippen LogP) is 2.19. The van der Waals surface area contributed by atoms with Crippen molar-refractivity contribution in [3.63, 3.8) is 0 Å². The number of rotatable bonds is 3. The van der Waals surface area contributed by atoms with E-state index in [-0.39, 0.29) is 5.78 Å². The van der Waals surface area contributed by atoms with E-state index in [4.69, 9.17) is 0 Å². The minimum absolute atomic E-state index is 0.112. The molecule has 0 saturated heterocycles. The van der Waals surface area contributed by atoms with Crippen LogP contribution in [-0.2, 0) is 9.53 Å². The Bertz CT molecular complexity index is 478. The maximum absolute atomic E-state index is 11.4. The number of ketones is 1. The van der Waals surface area contributed by atoms with Crippen molar-refractivity contribution < 1.29 is 14.3 Å². The lowest BCUT2D eigenvalue weighted by molar-refractivity contribution is -0.116. The number of Topliss-reactive ketones (excluding diaryl/α,β-unsaturated/α-hetero) is 1. The molecule has 0 radical (unpaired) electrons. The van der Waals surface area contributed by atoms with Crippen LogP contribution >= 0.6 is 0 Å². The lowest BCUT2D eigenvalue weighted by Crippen LogP contribution is -2.03. The average molecular weight is 230 g/mol. The number of benzene rings is 1. The van der Waals surface area contributed by atoms with Gasteiger partial charge in [-0.1, -0.05) is 24.0 Å². The molecule has 17 heavy (non-hydrogen) atoms. The molecule has 1 rings (SSSR count). The third kappa shape index (κ3) is 4.12. The van der Waals surface area contributed by atoms with Crippen molar-refractivity contribution in [2.75, 3.05) is 7.11 Å². The zero-order chi connectivity index (χ0) is 12.7. The standard InChI is InChI=1S/C14H14O3/c1-11(15)7-3-4-8-12-9-5-6-10-13(12)14(16)17-2/h5-6,9-10H,3,7H2,1-2H3. The molecule has 0 aliphatic rings. The van der Waals surface area contributed by atoms with Crippen LogP contribution in [0.15, 0.2) is 24.3 Å². The van der Waals surface area contributed by atoms with E-state index in [2.05, 4.69) is 16.6 Å². The van der Waals surface area contributed by atoms with E-state index in [1.165, 1.54) is 14.0 Å². The fourth-order valence-electron chi connectivity index (χ4n) is 1.28. The Morgan fingerprint density at radius 2 is 2.00 bits per heavy atom. The monoisotopic (exact) mass is 230 g/mol. The summed E-state index contributed by atoms with van der Waals surface area (Å²) in [7, 11) is 1.34. The Hall–Kier alpha value is -2.08. The van der Waals surface area contributed by atoms with Crippen LogP contribution in [0.5, 0.6) is 0 Å². The lowest BCUT2D eigenvalue weighted by atomic mass is 10.1. The summed E-state index contributed by atoms with van der Waals surface area (Å²) >= 11 is 0. The lowest BCUT2D eigenvalue weighted by Gasteiger charge is -2.01. The zero-order valence-electron chi connectivity index (χ0n) is 9.95. The Morgan fingerprint density at radius 3 is 2.65 bits per heavy atom. The third-order valence-electron chi connectivity index (χ3n) is 2.16. The first-order valence-corrected chi connectivity index (χ1v) is 5.31. The van der Waals surface area contributed by atoms with Crippen molar-refractivity contribution in [2.24, 2.45) is 0 Å². The van der Waals surface area contributed by atoms with Gasteiger partial charge in [0.05, 0.1) is 12.7 Å². The Kier molecular flexibility index (Phi) is 4.96. The molecule has 0 bridgehead atoms. The molecule has 0 N–H and O–H groups in total. The second-order valence-electron chi connectivity index (χ2n) is 3.54. The van der Waals surface area contributed by atoms with E-state index in [9.17, 15) is 9.59 Å². The first kappa shape index (κ1) is 13.0. The highest BCUT2D eigenvalue weighted by Crippen LogP contribution is 2.08. The van der Waals surface area contributed by atoms with E-state index >= 15 is 0 Å². The van der Waals surface area contributed by atoms with Gasteiger partial charge in [0.15, 0.2) is 0 Å². The smallest absolute Gasteiger partial charge is 0.339 e. The van der Waals surface area contributed by atoms with Gasteiger partial charge in [0.25, 0.3) is 0 Å². The first-order chi connectivity index (χ1) is 8.15. The van der Waals surface area contributed by atoms with Gasteiger partial charge in [-0.15, -0.1) is 0 Å². The molecule has 0 saturated carbocycles. The maximum Gasteiger partial charge on any atom is 0.339 e. The fourth-order valence-corrected chi connectivity index (χ4v) is 1.28. The maximum atomic E-state index is 11.4. The molecular weight excluding hydrogens is 216 g/mol. The van der Waals surface area contributed by atoms with Gasteiger partial charge in [-0.3, -0.25) is 4.79 Å². The van der Waals surface area contributed by atoms with Crippen LogP contribution in [0, 0.1) is 11.8 Å². The highest BCUT2D eigenvalue weighted by Gasteiger charge is 2.08. The number of hydrogen-bond acceptors (Lipinski definition) is 3. The van der Waals surface area contributed by atoms with Crippen LogP contribution in [0.2, 0.25) is 0 Å². The van der Waals surface area contributed by atoms with Crippen LogP contribution in [0.4, 0.5) is 0 Å². The summed E-state index contributed by atoms with van der Waals surface area (Å²) in [5.41, 5.74) is 1.08. The van der Waals surface area contributed by atoms with Gasteiger partial charge < -0.3 is 4.74 Å². The summed E-state index contributed by atoms with van der Waals surface area (Å²) in [6.07, 6.45) is 0.943. The predicted molar refractivity (Wildman–Crippen MR) is 64.6 cm³/mol. The molecule has 1 aromatic carbocycles. The largest absolute Gasteiger partial charge is 0.465 e. The highest BCUT2D eigenvalue weighted by atomic mass is 16.5. The minimum Gasteiger partial charge on any atom is -0.465 e. The highest BCUT2D eigenvalue weighted by molar-refractivity contribution is 5.92. The summed E-state index contributed by atoms with van der Waals surface area (Å²) in [6, 6.07) is 6.99. The number of methoxy groups -OCH3 is 1. The summed E-state index contributed by atoms with van der Waals surface area (Å²) in [4.78, 5) is 22.2. The van der Waals surface area contributed by atoms with Crippen LogP contribution < -0.4 is 0 Å². The first-order valence-electron chi connectivity index (χ1n) is 5.31. The average Bonchev–Trinajstić information content (AvgIpc) is 2.34. The molecule has 0 unspecified atom stereocenters. The number of esters is 1. The number of ether oxygens (including phenoxy) is 1. The molecule has 1 aromatic rings. The SMILES string of the molecule is COC(=O)c1ccccc1C#CCCC(C)=O. The molecule has 0 atom stereocenters. The third-order valence-corrected chi connectivity index (χ3v) is 2.16. The van der Waals surface area contributed by atoms with Gasteiger partial charge in [-0.25, -0.2) is 4.79 Å². The molecule has 0 aliphatic heterocycles. The molecule has 0 fully saturated rings. The Labute approximate surface area is 101 Å². The quantitative estimate of drug-likeness (QED) is 0.590. The van der Waals surface area contributed by atoms with Gasteiger partial charge in [-0.05, 0) is 19.1 Å². The molecule has 0 aliphatic carbocycles. The topological polar surface area (TPSA) is 43.4 Å². The summed E-state index contributed by atoms with van der Waals surface area (Å²) < 4.78 is 4.66. The Morgan fingerprint density at radius 1 is 1.29 bits per heavy atom. The van der Waals surface area contributed by atoms with Crippen molar-refractivity contribution >= 4 is 11.8 Å². The molecule has 0 spiro atoms. The molecule has 3 nitrogen and oxygen atoms in total. The normalized spacial score (nSPS) is 9.06. The van der Waals surface area contributed by atoms with E-state index in [1.807, 2.05) is 0 Å². The van der Waals surface area contributed by atoms with Gasteiger partial charge in [0.2, 0.25) is 0 Å². The van der Waals surface area contributed by atoms with Crippen molar-refractivity contribution in [2.45, 2.75) is 19.8 Å². The van der Waals surface area contributed by atoms with Crippen LogP contribution in [0.3, 0.4) is 0 Å². The molecule has 3 heteroatoms. The van der Waals surface area contributed by atoms with Crippen molar-refractivity contribution in [1.29, 1.82) is 0 Å². The van der Waals surface area contributed by atoms with Crippen LogP contribution in [0.25, 0.3) is 0 Å². The van der Waals surface area contributed by atoms with Gasteiger partial charge in [-0.2, -0.15) is 0 Å².